The average molecular weight is 625 g/mol. The smallest absolute Gasteiger partial charge is 0.243 e. The molecule has 0 saturated heterocycles. The molecule has 0 spiro atoms. The summed E-state index contributed by atoms with van der Waals surface area (Å²) in [6.07, 6.45) is -0.436. The van der Waals surface area contributed by atoms with Gasteiger partial charge in [-0.15, -0.1) is 11.8 Å². The van der Waals surface area contributed by atoms with Crippen molar-refractivity contribution < 1.29 is 14.7 Å². The highest BCUT2D eigenvalue weighted by molar-refractivity contribution is 9.10. The molecule has 0 fully saturated rings. The monoisotopic (exact) mass is 623 g/mol. The third-order valence-electron chi connectivity index (χ3n) is 5.21. The molecule has 0 aliphatic rings. The molecule has 11 heteroatoms. The topological polar surface area (TPSA) is 115 Å². The Morgan fingerprint density at radius 3 is 2.28 bits per heavy atom. The number of carbonyl (C=O) groups excluding carboxylic acids is 2. The van der Waals surface area contributed by atoms with Crippen molar-refractivity contribution >= 4 is 68.2 Å². The highest BCUT2D eigenvalue weighted by Gasteiger charge is 2.20. The van der Waals surface area contributed by atoms with Gasteiger partial charge in [0, 0.05) is 14.9 Å². The Labute approximate surface area is 243 Å². The van der Waals surface area contributed by atoms with Gasteiger partial charge in [0.2, 0.25) is 11.8 Å². The maximum atomic E-state index is 12.6. The minimum Gasteiger partial charge on any atom is -0.508 e. The number of carbonyl (C=O) groups is 2. The lowest BCUT2D eigenvalue weighted by Gasteiger charge is -2.20. The zero-order valence-corrected chi connectivity index (χ0v) is 23.5. The molecule has 1 atom stereocenters. The van der Waals surface area contributed by atoms with Gasteiger partial charge in [-0.05, 0) is 66.7 Å². The van der Waals surface area contributed by atoms with E-state index in [1.54, 1.807) is 36.4 Å². The van der Waals surface area contributed by atoms with E-state index in [1.165, 1.54) is 17.8 Å². The number of hydrogen-bond acceptors (Lipinski definition) is 7. The summed E-state index contributed by atoms with van der Waals surface area (Å²) in [6.45, 7) is 0. The summed E-state index contributed by atoms with van der Waals surface area (Å²) in [4.78, 5) is 25.8. The van der Waals surface area contributed by atoms with E-state index in [1.807, 2.05) is 54.6 Å². The van der Waals surface area contributed by atoms with Crippen LogP contribution in [0.3, 0.4) is 0 Å². The van der Waals surface area contributed by atoms with Crippen molar-refractivity contribution in [2.24, 2.45) is 10.2 Å². The zero-order chi connectivity index (χ0) is 27.6. The lowest BCUT2D eigenvalue weighted by atomic mass is 10.2. The molecule has 0 radical (unpaired) electrons. The third kappa shape index (κ3) is 8.66. The van der Waals surface area contributed by atoms with E-state index in [0.717, 1.165) is 9.37 Å². The van der Waals surface area contributed by atoms with Crippen molar-refractivity contribution in [1.29, 1.82) is 0 Å². The van der Waals surface area contributed by atoms with Gasteiger partial charge in [-0.25, -0.2) is 5.43 Å². The molecule has 8 nitrogen and oxygen atoms in total. The van der Waals surface area contributed by atoms with Gasteiger partial charge in [0.25, 0.3) is 0 Å². The van der Waals surface area contributed by atoms with Gasteiger partial charge in [0.05, 0.1) is 22.1 Å². The Morgan fingerprint density at radius 1 is 0.872 bits per heavy atom. The van der Waals surface area contributed by atoms with Crippen molar-refractivity contribution in [2.45, 2.75) is 16.7 Å². The van der Waals surface area contributed by atoms with E-state index < -0.39 is 23.6 Å². The number of amides is 2. The first-order valence-corrected chi connectivity index (χ1v) is 13.7. The standard InChI is InChI=1S/C28H23BrClN5O3S/c29-18-10-12-19(13-11-18)32-33-20-14-15-25(36)22(16-20)28(39-21-6-2-1-3-7-21)35-34-27(38)17-26(37)31-24-9-5-4-8-23(24)30/h1-16,28,35-36H,17H2,(H,31,37)(H,34,38)/t28-/m1/s1. The van der Waals surface area contributed by atoms with Gasteiger partial charge in [-0.3, -0.25) is 15.0 Å². The van der Waals surface area contributed by atoms with E-state index in [2.05, 4.69) is 42.3 Å². The quantitative estimate of drug-likeness (QED) is 0.0475. The molecule has 0 aromatic heterocycles. The molecule has 2 amide bonds. The molecular weight excluding hydrogens is 602 g/mol. The second kappa shape index (κ2) is 13.9. The molecule has 4 N–H and O–H groups in total. The van der Waals surface area contributed by atoms with Crippen molar-refractivity contribution in [2.75, 3.05) is 5.32 Å². The van der Waals surface area contributed by atoms with Crippen LogP contribution in [0.25, 0.3) is 0 Å². The van der Waals surface area contributed by atoms with Crippen LogP contribution in [0, 0.1) is 0 Å². The Balaban J connectivity index is 1.48. The van der Waals surface area contributed by atoms with Gasteiger partial charge in [0.15, 0.2) is 0 Å². The van der Waals surface area contributed by atoms with Crippen LogP contribution in [0.2, 0.25) is 5.02 Å². The minimum atomic E-state index is -0.620. The van der Waals surface area contributed by atoms with Crippen LogP contribution in [0.15, 0.2) is 117 Å². The fourth-order valence-electron chi connectivity index (χ4n) is 3.34. The number of halogens is 2. The van der Waals surface area contributed by atoms with Crippen molar-refractivity contribution in [3.05, 3.63) is 112 Å². The van der Waals surface area contributed by atoms with Gasteiger partial charge in [-0.2, -0.15) is 10.2 Å². The number of phenolic OH excluding ortho intramolecular Hbond substituents is 1. The van der Waals surface area contributed by atoms with Gasteiger partial charge >= 0.3 is 0 Å². The number of anilines is 1. The number of para-hydroxylation sites is 1. The average Bonchev–Trinajstić information content (AvgIpc) is 2.93. The summed E-state index contributed by atoms with van der Waals surface area (Å²) in [5.74, 6) is -1.08. The molecule has 4 aromatic rings. The van der Waals surface area contributed by atoms with Crippen molar-refractivity contribution in [3.63, 3.8) is 0 Å². The first-order chi connectivity index (χ1) is 18.9. The highest BCUT2D eigenvalue weighted by Crippen LogP contribution is 2.38. The van der Waals surface area contributed by atoms with Gasteiger partial charge in [-0.1, -0.05) is 57.9 Å². The first-order valence-electron chi connectivity index (χ1n) is 11.7. The maximum absolute atomic E-state index is 12.6. The molecular formula is C28H23BrClN5O3S. The Kier molecular flexibility index (Phi) is 10.1. The molecule has 0 aliphatic carbocycles. The summed E-state index contributed by atoms with van der Waals surface area (Å²) in [7, 11) is 0. The lowest BCUT2D eigenvalue weighted by Crippen LogP contribution is -2.40. The number of nitrogens with zero attached hydrogens (tertiary/aromatic N) is 2. The number of hydrazine groups is 1. The molecule has 0 heterocycles. The van der Waals surface area contributed by atoms with Crippen LogP contribution in [-0.4, -0.2) is 16.9 Å². The van der Waals surface area contributed by atoms with E-state index in [0.29, 0.717) is 27.6 Å². The summed E-state index contributed by atoms with van der Waals surface area (Å²) in [5, 5.41) is 21.6. The summed E-state index contributed by atoms with van der Waals surface area (Å²) in [5.41, 5.74) is 7.57. The predicted molar refractivity (Wildman–Crippen MR) is 157 cm³/mol. The minimum absolute atomic E-state index is 0.00392. The molecule has 0 aliphatic heterocycles. The number of hydrogen-bond donors (Lipinski definition) is 4. The first kappa shape index (κ1) is 28.3. The highest BCUT2D eigenvalue weighted by atomic mass is 79.9. The molecule has 198 valence electrons. The zero-order valence-electron chi connectivity index (χ0n) is 20.3. The van der Waals surface area contributed by atoms with Crippen LogP contribution in [0.4, 0.5) is 17.1 Å². The predicted octanol–water partition coefficient (Wildman–Crippen LogP) is 7.66. The molecule has 0 bridgehead atoms. The van der Waals surface area contributed by atoms with Crippen LogP contribution in [-0.2, 0) is 9.59 Å². The summed E-state index contributed by atoms with van der Waals surface area (Å²) >= 11 is 10.8. The lowest BCUT2D eigenvalue weighted by molar-refractivity contribution is -0.127. The van der Waals surface area contributed by atoms with E-state index in [9.17, 15) is 14.7 Å². The van der Waals surface area contributed by atoms with Crippen LogP contribution in [0.5, 0.6) is 5.75 Å². The van der Waals surface area contributed by atoms with E-state index >= 15 is 0 Å². The van der Waals surface area contributed by atoms with Crippen LogP contribution < -0.4 is 16.2 Å². The Bertz CT molecular complexity index is 1470. The molecule has 39 heavy (non-hydrogen) atoms. The normalized spacial score (nSPS) is 11.7. The van der Waals surface area contributed by atoms with Crippen LogP contribution >= 0.6 is 39.3 Å². The number of aromatic hydroxyl groups is 1. The fraction of sp³-hybridized carbons (Fsp3) is 0.0714. The Hall–Kier alpha value is -3.70. The number of azo groups is 1. The van der Waals surface area contributed by atoms with Crippen LogP contribution in [0.1, 0.15) is 17.4 Å². The molecule has 0 saturated carbocycles. The largest absolute Gasteiger partial charge is 0.508 e. The molecule has 4 aromatic carbocycles. The summed E-state index contributed by atoms with van der Waals surface area (Å²) in [6, 6.07) is 28.5. The van der Waals surface area contributed by atoms with Crippen molar-refractivity contribution in [1.82, 2.24) is 10.9 Å². The van der Waals surface area contributed by atoms with Crippen molar-refractivity contribution in [3.8, 4) is 5.75 Å². The number of nitrogens with one attached hydrogen (secondary N) is 3. The molecule has 0 unspecified atom stereocenters. The number of rotatable bonds is 10. The van der Waals surface area contributed by atoms with E-state index in [4.69, 9.17) is 11.6 Å². The molecule has 4 rings (SSSR count). The van der Waals surface area contributed by atoms with Gasteiger partial charge in [0.1, 0.15) is 17.5 Å². The number of benzene rings is 4. The van der Waals surface area contributed by atoms with Gasteiger partial charge < -0.3 is 10.4 Å². The maximum Gasteiger partial charge on any atom is 0.243 e. The van der Waals surface area contributed by atoms with E-state index in [-0.39, 0.29) is 5.75 Å². The Morgan fingerprint density at radius 2 is 1.54 bits per heavy atom. The number of phenols is 1. The number of thioether (sulfide) groups is 1. The summed E-state index contributed by atoms with van der Waals surface area (Å²) < 4.78 is 0.934. The SMILES string of the molecule is O=C(CC(=O)Nc1ccccc1Cl)NN[C@H](Sc1ccccc1)c1cc(N=Nc2ccc(Br)cc2)ccc1O. The fourth-order valence-corrected chi connectivity index (χ4v) is 4.80. The second-order valence-corrected chi connectivity index (χ2v) is 10.6. The second-order valence-electron chi connectivity index (χ2n) is 8.13. The third-order valence-corrected chi connectivity index (χ3v) is 7.22.